The van der Waals surface area contributed by atoms with Crippen molar-refractivity contribution >= 4 is 14.9 Å². The van der Waals surface area contributed by atoms with Crippen molar-refractivity contribution in [1.29, 1.82) is 0 Å². The first kappa shape index (κ1) is 21.3. The van der Waals surface area contributed by atoms with Gasteiger partial charge in [-0.15, -0.1) is 5.10 Å². The Bertz CT molecular complexity index is 834. The Kier molecular flexibility index (Phi) is 5.42. The van der Waals surface area contributed by atoms with Gasteiger partial charge in [0.1, 0.15) is 5.69 Å². The Balaban J connectivity index is 2.50. The molecule has 2 rings (SSSR count). The summed E-state index contributed by atoms with van der Waals surface area (Å²) >= 11 is 0. The average Bonchev–Trinajstić information content (AvgIpc) is 3.06. The minimum absolute atomic E-state index is 0.811. The molecule has 0 saturated carbocycles. The van der Waals surface area contributed by atoms with Crippen LogP contribution in [0.25, 0.3) is 0 Å². The van der Waals surface area contributed by atoms with Crippen LogP contribution in [-0.4, -0.2) is 48.5 Å². The van der Waals surface area contributed by atoms with Crippen molar-refractivity contribution < 1.29 is 44.3 Å². The average molecular weight is 423 g/mol. The third-order valence-corrected chi connectivity index (χ3v) is 5.79. The molecule has 7 nitrogen and oxygen atoms in total. The second-order valence-corrected chi connectivity index (χ2v) is 8.41. The predicted octanol–water partition coefficient (Wildman–Crippen LogP) is 3.01. The standard InChI is InChI=1S/C13H15F6N3O4S/c1-5(27(23,24)11-8(16)12(2,3)26-22-11)7-9(13(17,18)19)20-21-10(7)25-4-6(14)15/h5-6,8H,4H2,1-3H3,(H,20,21). The van der Waals surface area contributed by atoms with Crippen LogP contribution in [0, 0.1) is 0 Å². The van der Waals surface area contributed by atoms with E-state index in [4.69, 9.17) is 0 Å². The van der Waals surface area contributed by atoms with Gasteiger partial charge in [0, 0.05) is 0 Å². The third-order valence-electron chi connectivity index (χ3n) is 3.76. The van der Waals surface area contributed by atoms with Crippen LogP contribution in [0.3, 0.4) is 0 Å². The van der Waals surface area contributed by atoms with Crippen LogP contribution >= 0.6 is 0 Å². The molecule has 14 heteroatoms. The van der Waals surface area contributed by atoms with Gasteiger partial charge in [0.15, 0.2) is 18.4 Å². The molecule has 2 unspecified atom stereocenters. The molecule has 0 amide bonds. The SMILES string of the molecule is CC(c1c(OCC(F)F)n[nH]c1C(F)(F)F)S(=O)(=O)C1=NOC(C)(C)C1F. The second kappa shape index (κ2) is 6.87. The summed E-state index contributed by atoms with van der Waals surface area (Å²) in [6.45, 7) is 1.89. The lowest BCUT2D eigenvalue weighted by Crippen LogP contribution is -2.38. The van der Waals surface area contributed by atoms with E-state index in [0.29, 0.717) is 0 Å². The summed E-state index contributed by atoms with van der Waals surface area (Å²) in [6.07, 6.45) is -10.4. The minimum Gasteiger partial charge on any atom is -0.470 e. The summed E-state index contributed by atoms with van der Waals surface area (Å²) in [7, 11) is -4.80. The first-order chi connectivity index (χ1) is 12.2. The first-order valence-electron chi connectivity index (χ1n) is 7.40. The van der Waals surface area contributed by atoms with Crippen molar-refractivity contribution in [2.75, 3.05) is 6.61 Å². The largest absolute Gasteiger partial charge is 0.470 e. The number of hydrogen-bond acceptors (Lipinski definition) is 6. The number of hydrogen-bond donors (Lipinski definition) is 1. The Labute approximate surface area is 149 Å². The van der Waals surface area contributed by atoms with Gasteiger partial charge in [0.05, 0.1) is 10.8 Å². The van der Waals surface area contributed by atoms with Crippen LogP contribution in [0.1, 0.15) is 37.3 Å². The first-order valence-corrected chi connectivity index (χ1v) is 8.94. The maximum Gasteiger partial charge on any atom is 0.433 e. The molecule has 1 aliphatic heterocycles. The molecule has 2 atom stereocenters. The Morgan fingerprint density at radius 2 is 1.93 bits per heavy atom. The highest BCUT2D eigenvalue weighted by atomic mass is 32.2. The van der Waals surface area contributed by atoms with Crippen LogP contribution in [0.15, 0.2) is 5.16 Å². The summed E-state index contributed by atoms with van der Waals surface area (Å²) in [5, 5.41) is 4.65. The van der Waals surface area contributed by atoms with Crippen molar-refractivity contribution in [3.8, 4) is 5.88 Å². The molecule has 1 aromatic rings. The highest BCUT2D eigenvalue weighted by Gasteiger charge is 2.51. The molecule has 0 aromatic carbocycles. The van der Waals surface area contributed by atoms with Gasteiger partial charge in [-0.2, -0.15) is 13.2 Å². The fourth-order valence-electron chi connectivity index (χ4n) is 2.26. The molecule has 1 aliphatic rings. The number of ether oxygens (including phenoxy) is 1. The Morgan fingerprint density at radius 1 is 1.33 bits per heavy atom. The third kappa shape index (κ3) is 3.99. The van der Waals surface area contributed by atoms with E-state index in [0.717, 1.165) is 6.92 Å². The van der Waals surface area contributed by atoms with Crippen LogP contribution in [0.4, 0.5) is 26.3 Å². The Hall–Kier alpha value is -1.99. The molecule has 154 valence electrons. The zero-order chi connectivity index (χ0) is 20.8. The van der Waals surface area contributed by atoms with Crippen LogP contribution < -0.4 is 4.74 Å². The van der Waals surface area contributed by atoms with E-state index in [1.807, 2.05) is 0 Å². The number of oxime groups is 1. The van der Waals surface area contributed by atoms with Gasteiger partial charge < -0.3 is 9.57 Å². The molecule has 0 saturated heterocycles. The van der Waals surface area contributed by atoms with Crippen molar-refractivity contribution in [2.45, 2.75) is 50.4 Å². The number of nitrogens with zero attached hydrogens (tertiary/aromatic N) is 2. The zero-order valence-corrected chi connectivity index (χ0v) is 15.0. The fourth-order valence-corrected chi connectivity index (χ4v) is 3.87. The Morgan fingerprint density at radius 3 is 2.37 bits per heavy atom. The van der Waals surface area contributed by atoms with E-state index in [-0.39, 0.29) is 0 Å². The molecule has 0 radical (unpaired) electrons. The number of H-pyrrole nitrogens is 1. The second-order valence-electron chi connectivity index (χ2n) is 6.19. The van der Waals surface area contributed by atoms with Crippen molar-refractivity contribution in [3.63, 3.8) is 0 Å². The molecular formula is C13H15F6N3O4S. The molecule has 27 heavy (non-hydrogen) atoms. The molecule has 2 heterocycles. The van der Waals surface area contributed by atoms with Crippen molar-refractivity contribution in [2.24, 2.45) is 5.16 Å². The van der Waals surface area contributed by atoms with E-state index >= 15 is 0 Å². The normalized spacial score (nSPS) is 21.1. The smallest absolute Gasteiger partial charge is 0.433 e. The van der Waals surface area contributed by atoms with Crippen molar-refractivity contribution in [3.05, 3.63) is 11.3 Å². The number of aromatic amines is 1. The number of aromatic nitrogens is 2. The van der Waals surface area contributed by atoms with Gasteiger partial charge >= 0.3 is 6.18 Å². The topological polar surface area (TPSA) is 93.6 Å². The van der Waals surface area contributed by atoms with E-state index in [2.05, 4.69) is 19.8 Å². The maximum absolute atomic E-state index is 14.3. The van der Waals surface area contributed by atoms with E-state index < -0.39 is 68.2 Å². The van der Waals surface area contributed by atoms with E-state index in [9.17, 15) is 34.8 Å². The summed E-state index contributed by atoms with van der Waals surface area (Å²) in [4.78, 5) is 4.68. The zero-order valence-electron chi connectivity index (χ0n) is 14.1. The summed E-state index contributed by atoms with van der Waals surface area (Å²) in [5.74, 6) is -0.979. The van der Waals surface area contributed by atoms with Crippen LogP contribution in [0.2, 0.25) is 0 Å². The number of halogens is 6. The lowest BCUT2D eigenvalue weighted by Gasteiger charge is -2.20. The lowest BCUT2D eigenvalue weighted by atomic mass is 10.1. The molecule has 0 fully saturated rings. The van der Waals surface area contributed by atoms with Gasteiger partial charge in [-0.05, 0) is 20.8 Å². The number of nitrogens with one attached hydrogen (secondary N) is 1. The van der Waals surface area contributed by atoms with E-state index in [1.165, 1.54) is 18.9 Å². The molecular weight excluding hydrogens is 408 g/mol. The number of rotatable bonds is 5. The molecule has 1 N–H and O–H groups in total. The van der Waals surface area contributed by atoms with Gasteiger partial charge in [-0.1, -0.05) is 5.16 Å². The lowest BCUT2D eigenvalue weighted by molar-refractivity contribution is -0.141. The predicted molar refractivity (Wildman–Crippen MR) is 79.9 cm³/mol. The van der Waals surface area contributed by atoms with Gasteiger partial charge in [-0.25, -0.2) is 21.6 Å². The molecule has 1 aromatic heterocycles. The van der Waals surface area contributed by atoms with Crippen LogP contribution in [0.5, 0.6) is 5.88 Å². The van der Waals surface area contributed by atoms with Gasteiger partial charge in [0.2, 0.25) is 20.8 Å². The molecule has 0 bridgehead atoms. The van der Waals surface area contributed by atoms with E-state index in [1.54, 1.807) is 0 Å². The highest BCUT2D eigenvalue weighted by Crippen LogP contribution is 2.42. The minimum atomic E-state index is -5.10. The summed E-state index contributed by atoms with van der Waals surface area (Å²) < 4.78 is 108. The molecule has 0 spiro atoms. The summed E-state index contributed by atoms with van der Waals surface area (Å²) in [6, 6.07) is 0. The maximum atomic E-state index is 14.3. The fraction of sp³-hybridized carbons (Fsp3) is 0.692. The quantitative estimate of drug-likeness (QED) is 0.735. The monoisotopic (exact) mass is 423 g/mol. The van der Waals surface area contributed by atoms with Gasteiger partial charge in [0.25, 0.3) is 6.43 Å². The molecule has 0 aliphatic carbocycles. The number of alkyl halides is 6. The van der Waals surface area contributed by atoms with Crippen LogP contribution in [-0.2, 0) is 20.9 Å². The highest BCUT2D eigenvalue weighted by molar-refractivity contribution is 8.06. The van der Waals surface area contributed by atoms with Crippen molar-refractivity contribution in [1.82, 2.24) is 10.2 Å². The van der Waals surface area contributed by atoms with Gasteiger partial charge in [-0.3, -0.25) is 5.10 Å². The summed E-state index contributed by atoms with van der Waals surface area (Å²) in [5.41, 5.74) is -4.31. The number of sulfone groups is 1.